The highest BCUT2D eigenvalue weighted by Gasteiger charge is 2.07. The number of rotatable bonds is 8. The summed E-state index contributed by atoms with van der Waals surface area (Å²) in [4.78, 5) is 12.3. The number of hydrogen-bond donors (Lipinski definition) is 1. The molecular formula is C20H23NO3. The molecule has 4 nitrogen and oxygen atoms in total. The van der Waals surface area contributed by atoms with E-state index in [1.54, 1.807) is 30.3 Å². The molecule has 1 atom stereocenters. The lowest BCUT2D eigenvalue weighted by molar-refractivity contribution is 0.102. The fraction of sp³-hybridized carbons (Fsp3) is 0.250. The number of carbonyl (C=O) groups is 1. The molecule has 2 rings (SSSR count). The van der Waals surface area contributed by atoms with Crippen molar-refractivity contribution in [1.82, 2.24) is 0 Å². The van der Waals surface area contributed by atoms with E-state index in [1.165, 1.54) is 0 Å². The van der Waals surface area contributed by atoms with Crippen molar-refractivity contribution in [3.05, 3.63) is 66.7 Å². The van der Waals surface area contributed by atoms with Crippen molar-refractivity contribution in [3.63, 3.8) is 0 Å². The number of anilines is 1. The molecule has 1 N–H and O–H groups in total. The Balaban J connectivity index is 1.95. The van der Waals surface area contributed by atoms with E-state index < -0.39 is 0 Å². The van der Waals surface area contributed by atoms with Crippen LogP contribution in [0.3, 0.4) is 0 Å². The van der Waals surface area contributed by atoms with Crippen LogP contribution >= 0.6 is 0 Å². The van der Waals surface area contributed by atoms with Crippen LogP contribution in [0, 0.1) is 0 Å². The fourth-order valence-electron chi connectivity index (χ4n) is 1.99. The Kier molecular flexibility index (Phi) is 6.43. The molecule has 0 fully saturated rings. The summed E-state index contributed by atoms with van der Waals surface area (Å²) in [5.41, 5.74) is 1.30. The molecule has 126 valence electrons. The zero-order chi connectivity index (χ0) is 17.4. The molecular weight excluding hydrogens is 302 g/mol. The van der Waals surface area contributed by atoms with Gasteiger partial charge in [0.05, 0.1) is 6.10 Å². The van der Waals surface area contributed by atoms with E-state index in [4.69, 9.17) is 9.47 Å². The highest BCUT2D eigenvalue weighted by molar-refractivity contribution is 6.04. The van der Waals surface area contributed by atoms with Crippen molar-refractivity contribution < 1.29 is 14.3 Å². The standard InChI is InChI=1S/C20H23NO3/c1-4-14-23-18-12-8-17(9-13-18)21-20(22)16-6-10-19(11-7-16)24-15(3)5-2/h4,6-13,15H,1,5,14H2,2-3H3,(H,21,22). The minimum atomic E-state index is -0.162. The zero-order valence-electron chi connectivity index (χ0n) is 14.1. The van der Waals surface area contributed by atoms with Crippen LogP contribution in [0.2, 0.25) is 0 Å². The van der Waals surface area contributed by atoms with Crippen LogP contribution in [0.5, 0.6) is 11.5 Å². The van der Waals surface area contributed by atoms with Crippen LogP contribution in [0.1, 0.15) is 30.6 Å². The molecule has 0 bridgehead atoms. The topological polar surface area (TPSA) is 47.6 Å². The average Bonchev–Trinajstić information content (AvgIpc) is 2.61. The van der Waals surface area contributed by atoms with Crippen LogP contribution in [0.25, 0.3) is 0 Å². The van der Waals surface area contributed by atoms with E-state index in [0.29, 0.717) is 17.9 Å². The van der Waals surface area contributed by atoms with Crippen LogP contribution in [0.4, 0.5) is 5.69 Å². The van der Waals surface area contributed by atoms with Crippen molar-refractivity contribution >= 4 is 11.6 Å². The summed E-state index contributed by atoms with van der Waals surface area (Å²) in [6.45, 7) is 8.14. The van der Waals surface area contributed by atoms with E-state index >= 15 is 0 Å². The maximum atomic E-state index is 12.3. The van der Waals surface area contributed by atoms with Gasteiger partial charge in [-0.15, -0.1) is 0 Å². The first-order valence-electron chi connectivity index (χ1n) is 8.04. The summed E-state index contributed by atoms with van der Waals surface area (Å²) in [7, 11) is 0. The van der Waals surface area contributed by atoms with Crippen molar-refractivity contribution in [2.24, 2.45) is 0 Å². The smallest absolute Gasteiger partial charge is 0.255 e. The molecule has 2 aromatic rings. The summed E-state index contributed by atoms with van der Waals surface area (Å²) < 4.78 is 11.1. The molecule has 0 radical (unpaired) electrons. The van der Waals surface area contributed by atoms with Crippen molar-refractivity contribution in [1.29, 1.82) is 0 Å². The van der Waals surface area contributed by atoms with Crippen molar-refractivity contribution in [3.8, 4) is 11.5 Å². The molecule has 1 amide bonds. The SMILES string of the molecule is C=CCOc1ccc(NC(=O)c2ccc(OC(C)CC)cc2)cc1. The fourth-order valence-corrected chi connectivity index (χ4v) is 1.99. The van der Waals surface area contributed by atoms with E-state index in [1.807, 2.05) is 31.2 Å². The maximum absolute atomic E-state index is 12.3. The van der Waals surface area contributed by atoms with Crippen LogP contribution < -0.4 is 14.8 Å². The molecule has 2 aromatic carbocycles. The zero-order valence-corrected chi connectivity index (χ0v) is 14.1. The molecule has 0 aliphatic carbocycles. The largest absolute Gasteiger partial charge is 0.491 e. The second-order valence-electron chi connectivity index (χ2n) is 5.44. The second kappa shape index (κ2) is 8.77. The minimum Gasteiger partial charge on any atom is -0.491 e. The quantitative estimate of drug-likeness (QED) is 0.717. The molecule has 0 saturated heterocycles. The number of hydrogen-bond acceptors (Lipinski definition) is 3. The molecule has 24 heavy (non-hydrogen) atoms. The summed E-state index contributed by atoms with van der Waals surface area (Å²) in [6.07, 6.45) is 2.78. The first-order chi connectivity index (χ1) is 11.6. The van der Waals surface area contributed by atoms with Crippen LogP contribution in [0.15, 0.2) is 61.2 Å². The van der Waals surface area contributed by atoms with Crippen molar-refractivity contribution in [2.45, 2.75) is 26.4 Å². The Hall–Kier alpha value is -2.75. The Morgan fingerprint density at radius 1 is 1.12 bits per heavy atom. The van der Waals surface area contributed by atoms with Gasteiger partial charge in [-0.25, -0.2) is 0 Å². The van der Waals surface area contributed by atoms with Gasteiger partial charge in [-0.1, -0.05) is 19.6 Å². The normalized spacial score (nSPS) is 11.4. The van der Waals surface area contributed by atoms with Gasteiger partial charge in [0.2, 0.25) is 0 Å². The predicted octanol–water partition coefficient (Wildman–Crippen LogP) is 4.68. The Morgan fingerprint density at radius 3 is 2.33 bits per heavy atom. The highest BCUT2D eigenvalue weighted by atomic mass is 16.5. The van der Waals surface area contributed by atoms with Crippen LogP contribution in [-0.2, 0) is 0 Å². The molecule has 0 aliphatic rings. The summed E-state index contributed by atoms with van der Waals surface area (Å²) in [5, 5.41) is 2.86. The molecule has 0 aliphatic heterocycles. The van der Waals surface area contributed by atoms with Gasteiger partial charge in [-0.3, -0.25) is 4.79 Å². The molecule has 0 heterocycles. The van der Waals surface area contributed by atoms with Gasteiger partial charge < -0.3 is 14.8 Å². The number of benzene rings is 2. The number of ether oxygens (including phenoxy) is 2. The Bertz CT molecular complexity index is 662. The third-order valence-corrected chi connectivity index (χ3v) is 3.51. The van der Waals surface area contributed by atoms with Gasteiger partial charge in [0.1, 0.15) is 18.1 Å². The predicted molar refractivity (Wildman–Crippen MR) is 96.9 cm³/mol. The lowest BCUT2D eigenvalue weighted by Gasteiger charge is -2.12. The molecule has 4 heteroatoms. The van der Waals surface area contributed by atoms with Gasteiger partial charge in [0.15, 0.2) is 0 Å². The van der Waals surface area contributed by atoms with Crippen LogP contribution in [-0.4, -0.2) is 18.6 Å². The summed E-state index contributed by atoms with van der Waals surface area (Å²) in [5.74, 6) is 1.34. The highest BCUT2D eigenvalue weighted by Crippen LogP contribution is 2.18. The molecule has 0 spiro atoms. The summed E-state index contributed by atoms with van der Waals surface area (Å²) in [6, 6.07) is 14.4. The Labute approximate surface area is 143 Å². The van der Waals surface area contributed by atoms with E-state index in [0.717, 1.165) is 17.9 Å². The molecule has 0 saturated carbocycles. The lowest BCUT2D eigenvalue weighted by atomic mass is 10.2. The van der Waals surface area contributed by atoms with Gasteiger partial charge >= 0.3 is 0 Å². The minimum absolute atomic E-state index is 0.159. The van der Waals surface area contributed by atoms with Crippen molar-refractivity contribution in [2.75, 3.05) is 11.9 Å². The third kappa shape index (κ3) is 5.16. The van der Waals surface area contributed by atoms with E-state index in [9.17, 15) is 4.79 Å². The first kappa shape index (κ1) is 17.6. The second-order valence-corrected chi connectivity index (χ2v) is 5.44. The van der Waals surface area contributed by atoms with E-state index in [-0.39, 0.29) is 12.0 Å². The molecule has 1 unspecified atom stereocenters. The van der Waals surface area contributed by atoms with Gasteiger partial charge in [-0.05, 0) is 61.9 Å². The first-order valence-corrected chi connectivity index (χ1v) is 8.04. The van der Waals surface area contributed by atoms with Gasteiger partial charge in [0.25, 0.3) is 5.91 Å². The third-order valence-electron chi connectivity index (χ3n) is 3.51. The van der Waals surface area contributed by atoms with E-state index in [2.05, 4.69) is 18.8 Å². The number of amides is 1. The average molecular weight is 325 g/mol. The maximum Gasteiger partial charge on any atom is 0.255 e. The number of carbonyl (C=O) groups excluding carboxylic acids is 1. The lowest BCUT2D eigenvalue weighted by Crippen LogP contribution is -2.12. The van der Waals surface area contributed by atoms with Gasteiger partial charge in [0, 0.05) is 11.3 Å². The summed E-state index contributed by atoms with van der Waals surface area (Å²) >= 11 is 0. The Morgan fingerprint density at radius 2 is 1.75 bits per heavy atom. The monoisotopic (exact) mass is 325 g/mol. The van der Waals surface area contributed by atoms with Gasteiger partial charge in [-0.2, -0.15) is 0 Å². The molecule has 0 aromatic heterocycles. The number of nitrogens with one attached hydrogen (secondary N) is 1.